The number of esters is 1. The summed E-state index contributed by atoms with van der Waals surface area (Å²) < 4.78 is 10.4. The third kappa shape index (κ3) is 7.60. The molecule has 0 fully saturated rings. The van der Waals surface area contributed by atoms with E-state index in [0.29, 0.717) is 24.8 Å². The van der Waals surface area contributed by atoms with Crippen LogP contribution in [0.25, 0.3) is 0 Å². The lowest BCUT2D eigenvalue weighted by molar-refractivity contribution is -0.148. The maximum absolute atomic E-state index is 12.0. The van der Waals surface area contributed by atoms with Crippen molar-refractivity contribution < 1.29 is 18.7 Å². The summed E-state index contributed by atoms with van der Waals surface area (Å²) in [5.74, 6) is 0.478. The highest BCUT2D eigenvalue weighted by molar-refractivity contribution is 5.81. The first-order valence-corrected chi connectivity index (χ1v) is 9.33. The number of hydrogen-bond acceptors (Lipinski definition) is 6. The van der Waals surface area contributed by atoms with Crippen LogP contribution in [0.1, 0.15) is 43.5 Å². The maximum atomic E-state index is 12.0. The van der Waals surface area contributed by atoms with Crippen molar-refractivity contribution in [1.82, 2.24) is 15.1 Å². The number of carbonyl (C=O) groups is 2. The van der Waals surface area contributed by atoms with Crippen LogP contribution in [0.2, 0.25) is 0 Å². The van der Waals surface area contributed by atoms with Gasteiger partial charge < -0.3 is 14.1 Å². The normalized spacial score (nSPS) is 10.6. The van der Waals surface area contributed by atoms with Crippen molar-refractivity contribution in [2.75, 3.05) is 20.2 Å². The molecule has 0 atom stereocenters. The zero-order valence-corrected chi connectivity index (χ0v) is 16.0. The van der Waals surface area contributed by atoms with Gasteiger partial charge in [-0.1, -0.05) is 30.3 Å². The Balaban J connectivity index is 1.66. The minimum Gasteiger partial charge on any atom is -0.465 e. The molecule has 1 aromatic carbocycles. The van der Waals surface area contributed by atoms with Crippen molar-refractivity contribution in [3.8, 4) is 0 Å². The number of aromatic nitrogens is 2. The minimum absolute atomic E-state index is 0.0524. The van der Waals surface area contributed by atoms with Crippen molar-refractivity contribution in [1.29, 1.82) is 0 Å². The molecule has 0 aliphatic heterocycles. The average molecular weight is 373 g/mol. The molecule has 1 heterocycles. The molecule has 1 aromatic heterocycles. The van der Waals surface area contributed by atoms with E-state index in [4.69, 9.17) is 9.15 Å². The van der Waals surface area contributed by atoms with Crippen LogP contribution >= 0.6 is 0 Å². The van der Waals surface area contributed by atoms with Crippen molar-refractivity contribution in [3.05, 3.63) is 47.7 Å². The monoisotopic (exact) mass is 373 g/mol. The minimum atomic E-state index is -0.413. The highest BCUT2D eigenvalue weighted by atomic mass is 16.5. The van der Waals surface area contributed by atoms with Crippen molar-refractivity contribution >= 4 is 11.9 Å². The molecular weight excluding hydrogens is 346 g/mol. The average Bonchev–Trinajstić information content (AvgIpc) is 3.12. The van der Waals surface area contributed by atoms with E-state index in [-0.39, 0.29) is 18.9 Å². The zero-order valence-electron chi connectivity index (χ0n) is 16.0. The number of unbranched alkanes of at least 4 members (excludes halogenated alkanes) is 1. The first kappa shape index (κ1) is 20.6. The number of nitrogens with zero attached hydrogens (tertiary/aromatic N) is 3. The lowest BCUT2D eigenvalue weighted by Crippen LogP contribution is -2.33. The number of aryl methyl sites for hydroxylation is 3. The number of hydrogen-bond donors (Lipinski definition) is 0. The fourth-order valence-corrected chi connectivity index (χ4v) is 2.63. The van der Waals surface area contributed by atoms with Gasteiger partial charge >= 0.3 is 5.97 Å². The number of carbonyl (C=O) groups excluding carboxylic acids is 2. The van der Waals surface area contributed by atoms with E-state index in [0.717, 1.165) is 25.7 Å². The van der Waals surface area contributed by atoms with Crippen LogP contribution in [0.5, 0.6) is 0 Å². The van der Waals surface area contributed by atoms with Crippen molar-refractivity contribution in [3.63, 3.8) is 0 Å². The summed E-state index contributed by atoms with van der Waals surface area (Å²) in [5, 5.41) is 8.04. The molecule has 7 nitrogen and oxygen atoms in total. The van der Waals surface area contributed by atoms with Gasteiger partial charge in [0, 0.05) is 26.3 Å². The second-order valence-electron chi connectivity index (χ2n) is 6.34. The SMILES string of the molecule is CCOC(=O)CN(C)C(=O)CCc1nnc(CCCCc2ccccc2)o1. The Hall–Kier alpha value is -2.70. The van der Waals surface area contributed by atoms with Crippen molar-refractivity contribution in [2.45, 2.75) is 45.4 Å². The zero-order chi connectivity index (χ0) is 19.5. The van der Waals surface area contributed by atoms with E-state index in [9.17, 15) is 9.59 Å². The molecule has 1 amide bonds. The summed E-state index contributed by atoms with van der Waals surface area (Å²) in [6.07, 6.45) is 4.37. The van der Waals surface area contributed by atoms with Crippen LogP contribution in [0.4, 0.5) is 0 Å². The molecule has 0 unspecified atom stereocenters. The van der Waals surface area contributed by atoms with Crippen LogP contribution in [-0.2, 0) is 33.6 Å². The molecule has 0 bridgehead atoms. The van der Waals surface area contributed by atoms with Gasteiger partial charge in [-0.2, -0.15) is 0 Å². The Morgan fingerprint density at radius 3 is 2.41 bits per heavy atom. The highest BCUT2D eigenvalue weighted by Gasteiger charge is 2.15. The largest absolute Gasteiger partial charge is 0.465 e. The fourth-order valence-electron chi connectivity index (χ4n) is 2.63. The summed E-state index contributed by atoms with van der Waals surface area (Å²) in [4.78, 5) is 24.8. The van der Waals surface area contributed by atoms with Gasteiger partial charge in [0.25, 0.3) is 0 Å². The summed E-state index contributed by atoms with van der Waals surface area (Å²) in [7, 11) is 1.57. The molecule has 0 radical (unpaired) electrons. The standard InChI is InChI=1S/C20H27N3O4/c1-3-26-20(25)15-23(2)19(24)14-13-18-22-21-17(27-18)12-8-7-11-16-9-5-4-6-10-16/h4-6,9-10H,3,7-8,11-15H2,1-2H3. The molecule has 7 heteroatoms. The van der Waals surface area contributed by atoms with Gasteiger partial charge in [-0.25, -0.2) is 0 Å². The van der Waals surface area contributed by atoms with Crippen LogP contribution in [0.3, 0.4) is 0 Å². The van der Waals surface area contributed by atoms with Gasteiger partial charge in [0.2, 0.25) is 17.7 Å². The van der Waals surface area contributed by atoms with Crippen LogP contribution in [-0.4, -0.2) is 47.2 Å². The number of amides is 1. The summed E-state index contributed by atoms with van der Waals surface area (Å²) in [5.41, 5.74) is 1.33. The summed E-state index contributed by atoms with van der Waals surface area (Å²) in [6.45, 7) is 1.98. The van der Waals surface area contributed by atoms with Gasteiger partial charge in [-0.3, -0.25) is 9.59 Å². The third-order valence-corrected chi connectivity index (χ3v) is 4.11. The quantitative estimate of drug-likeness (QED) is 0.444. The van der Waals surface area contributed by atoms with Gasteiger partial charge in [-0.05, 0) is 31.7 Å². The molecule has 0 aliphatic rings. The topological polar surface area (TPSA) is 85.5 Å². The predicted molar refractivity (Wildman–Crippen MR) is 100.0 cm³/mol. The maximum Gasteiger partial charge on any atom is 0.325 e. The van der Waals surface area contributed by atoms with E-state index in [2.05, 4.69) is 22.3 Å². The van der Waals surface area contributed by atoms with Gasteiger partial charge in [-0.15, -0.1) is 10.2 Å². The molecular formula is C20H27N3O4. The van der Waals surface area contributed by atoms with Crippen LogP contribution in [0, 0.1) is 0 Å². The van der Waals surface area contributed by atoms with E-state index in [1.165, 1.54) is 10.5 Å². The smallest absolute Gasteiger partial charge is 0.325 e. The van der Waals surface area contributed by atoms with Crippen LogP contribution in [0.15, 0.2) is 34.7 Å². The van der Waals surface area contributed by atoms with Crippen LogP contribution < -0.4 is 0 Å². The Morgan fingerprint density at radius 1 is 1.04 bits per heavy atom. The summed E-state index contributed by atoms with van der Waals surface area (Å²) >= 11 is 0. The number of ether oxygens (including phenoxy) is 1. The van der Waals surface area contributed by atoms with E-state index < -0.39 is 5.97 Å². The lowest BCUT2D eigenvalue weighted by Gasteiger charge is -2.15. The number of benzene rings is 1. The molecule has 0 aliphatic carbocycles. The van der Waals surface area contributed by atoms with Gasteiger partial charge in [0.05, 0.1) is 6.61 Å². The Labute approximate surface area is 159 Å². The van der Waals surface area contributed by atoms with E-state index in [1.54, 1.807) is 14.0 Å². The second kappa shape index (κ2) is 11.1. The molecule has 27 heavy (non-hydrogen) atoms. The fraction of sp³-hybridized carbons (Fsp3) is 0.500. The van der Waals surface area contributed by atoms with E-state index >= 15 is 0 Å². The molecule has 2 rings (SSSR count). The van der Waals surface area contributed by atoms with Gasteiger partial charge in [0.15, 0.2) is 0 Å². The number of rotatable bonds is 11. The Morgan fingerprint density at radius 2 is 1.70 bits per heavy atom. The third-order valence-electron chi connectivity index (χ3n) is 4.11. The second-order valence-corrected chi connectivity index (χ2v) is 6.34. The Bertz CT molecular complexity index is 715. The lowest BCUT2D eigenvalue weighted by atomic mass is 10.1. The molecule has 146 valence electrons. The molecule has 0 N–H and O–H groups in total. The van der Waals surface area contributed by atoms with E-state index in [1.807, 2.05) is 18.2 Å². The first-order valence-electron chi connectivity index (χ1n) is 9.33. The molecule has 0 saturated heterocycles. The molecule has 0 spiro atoms. The molecule has 0 saturated carbocycles. The highest BCUT2D eigenvalue weighted by Crippen LogP contribution is 2.10. The first-order chi connectivity index (χ1) is 13.1. The molecule has 2 aromatic rings. The number of likely N-dealkylation sites (N-methyl/N-ethyl adjacent to an activating group) is 1. The van der Waals surface area contributed by atoms with Crippen molar-refractivity contribution in [2.24, 2.45) is 0 Å². The van der Waals surface area contributed by atoms with Gasteiger partial charge in [0.1, 0.15) is 6.54 Å². The predicted octanol–water partition coefficient (Wildman–Crippen LogP) is 2.59. The summed E-state index contributed by atoms with van der Waals surface area (Å²) in [6, 6.07) is 10.4. The Kier molecular flexibility index (Phi) is 8.48.